The molecule has 0 bridgehead atoms. The zero-order valence-electron chi connectivity index (χ0n) is 8.48. The molecule has 0 aliphatic carbocycles. The van der Waals surface area contributed by atoms with Gasteiger partial charge in [0.1, 0.15) is 0 Å². The number of benzene rings is 1. The van der Waals surface area contributed by atoms with Gasteiger partial charge in [0.25, 0.3) is 0 Å². The van der Waals surface area contributed by atoms with Crippen LogP contribution in [0.1, 0.15) is 26.7 Å². The summed E-state index contributed by atoms with van der Waals surface area (Å²) in [5.74, 6) is -1.60. The molecule has 78 valence electrons. The van der Waals surface area contributed by atoms with Crippen LogP contribution in [0.25, 0.3) is 0 Å². The number of nitrogens with one attached hydrogen (secondary N) is 1. The van der Waals surface area contributed by atoms with Crippen molar-refractivity contribution >= 4 is 5.69 Å². The van der Waals surface area contributed by atoms with Crippen LogP contribution >= 0.6 is 0 Å². The van der Waals surface area contributed by atoms with E-state index in [1.54, 1.807) is 6.07 Å². The van der Waals surface area contributed by atoms with Crippen molar-refractivity contribution < 1.29 is 8.78 Å². The van der Waals surface area contributed by atoms with Gasteiger partial charge in [-0.05, 0) is 25.5 Å². The van der Waals surface area contributed by atoms with E-state index in [1.807, 2.05) is 6.92 Å². The van der Waals surface area contributed by atoms with Gasteiger partial charge in [-0.2, -0.15) is 0 Å². The SMILES string of the molecule is CCCC(C)Nc1cccc(F)c1F. The summed E-state index contributed by atoms with van der Waals surface area (Å²) in [5, 5.41) is 2.94. The first-order valence-electron chi connectivity index (χ1n) is 4.85. The normalized spacial score (nSPS) is 12.6. The van der Waals surface area contributed by atoms with Crippen LogP contribution in [0, 0.1) is 11.6 Å². The Morgan fingerprint density at radius 3 is 2.71 bits per heavy atom. The smallest absolute Gasteiger partial charge is 0.181 e. The summed E-state index contributed by atoms with van der Waals surface area (Å²) >= 11 is 0. The lowest BCUT2D eigenvalue weighted by molar-refractivity contribution is 0.509. The molecule has 0 heterocycles. The monoisotopic (exact) mass is 199 g/mol. The number of hydrogen-bond acceptors (Lipinski definition) is 1. The Bertz CT molecular complexity index is 299. The van der Waals surface area contributed by atoms with E-state index in [0.29, 0.717) is 0 Å². The van der Waals surface area contributed by atoms with Crippen LogP contribution in [0.15, 0.2) is 18.2 Å². The minimum Gasteiger partial charge on any atom is -0.380 e. The van der Waals surface area contributed by atoms with E-state index in [4.69, 9.17) is 0 Å². The highest BCUT2D eigenvalue weighted by molar-refractivity contribution is 5.45. The molecule has 1 aromatic carbocycles. The summed E-state index contributed by atoms with van der Waals surface area (Å²) in [6.45, 7) is 4.01. The number of halogens is 2. The van der Waals surface area contributed by atoms with Gasteiger partial charge in [0, 0.05) is 6.04 Å². The average molecular weight is 199 g/mol. The van der Waals surface area contributed by atoms with Gasteiger partial charge in [0.05, 0.1) is 5.69 Å². The van der Waals surface area contributed by atoms with E-state index < -0.39 is 11.6 Å². The third-order valence-electron chi connectivity index (χ3n) is 2.08. The van der Waals surface area contributed by atoms with Crippen LogP contribution in [-0.4, -0.2) is 6.04 Å². The molecular weight excluding hydrogens is 184 g/mol. The molecule has 0 aromatic heterocycles. The fourth-order valence-electron chi connectivity index (χ4n) is 1.39. The van der Waals surface area contributed by atoms with Gasteiger partial charge in [-0.1, -0.05) is 19.4 Å². The maximum absolute atomic E-state index is 13.2. The molecule has 0 saturated heterocycles. The zero-order chi connectivity index (χ0) is 10.6. The Kier molecular flexibility index (Phi) is 3.86. The Morgan fingerprint density at radius 2 is 2.07 bits per heavy atom. The third kappa shape index (κ3) is 2.69. The number of rotatable bonds is 4. The lowest BCUT2D eigenvalue weighted by Gasteiger charge is -2.14. The molecule has 1 rings (SSSR count). The first-order chi connectivity index (χ1) is 6.65. The molecule has 0 radical (unpaired) electrons. The van der Waals surface area contributed by atoms with Crippen molar-refractivity contribution in [3.05, 3.63) is 29.8 Å². The lowest BCUT2D eigenvalue weighted by atomic mass is 10.2. The molecule has 1 N–H and O–H groups in total. The zero-order valence-corrected chi connectivity index (χ0v) is 8.48. The predicted octanol–water partition coefficient (Wildman–Crippen LogP) is 3.57. The van der Waals surface area contributed by atoms with Crippen molar-refractivity contribution in [2.24, 2.45) is 0 Å². The van der Waals surface area contributed by atoms with Crippen LogP contribution in [0.4, 0.5) is 14.5 Å². The fraction of sp³-hybridized carbons (Fsp3) is 0.455. The summed E-state index contributed by atoms with van der Waals surface area (Å²) in [6, 6.07) is 4.32. The number of hydrogen-bond donors (Lipinski definition) is 1. The average Bonchev–Trinajstić information content (AvgIpc) is 2.13. The van der Waals surface area contributed by atoms with Gasteiger partial charge in [0.2, 0.25) is 0 Å². The maximum Gasteiger partial charge on any atom is 0.181 e. The summed E-state index contributed by atoms with van der Waals surface area (Å²) < 4.78 is 26.0. The van der Waals surface area contributed by atoms with Crippen molar-refractivity contribution in [1.29, 1.82) is 0 Å². The molecule has 1 atom stereocenters. The van der Waals surface area contributed by atoms with Gasteiger partial charge in [0.15, 0.2) is 11.6 Å². The fourth-order valence-corrected chi connectivity index (χ4v) is 1.39. The molecule has 0 amide bonds. The number of anilines is 1. The van der Waals surface area contributed by atoms with Gasteiger partial charge in [-0.3, -0.25) is 0 Å². The van der Waals surface area contributed by atoms with Crippen molar-refractivity contribution in [3.63, 3.8) is 0 Å². The van der Waals surface area contributed by atoms with Crippen molar-refractivity contribution in [2.45, 2.75) is 32.7 Å². The molecule has 0 aliphatic rings. The van der Waals surface area contributed by atoms with Crippen molar-refractivity contribution in [1.82, 2.24) is 0 Å². The summed E-state index contributed by atoms with van der Waals surface area (Å²) in [5.41, 5.74) is 0.242. The molecule has 0 saturated carbocycles. The highest BCUT2D eigenvalue weighted by atomic mass is 19.2. The molecule has 0 spiro atoms. The minimum absolute atomic E-state index is 0.163. The van der Waals surface area contributed by atoms with Crippen LogP contribution in [0.2, 0.25) is 0 Å². The summed E-state index contributed by atoms with van der Waals surface area (Å²) in [7, 11) is 0. The molecule has 1 aromatic rings. The molecular formula is C11H15F2N. The quantitative estimate of drug-likeness (QED) is 0.781. The van der Waals surface area contributed by atoms with E-state index in [9.17, 15) is 8.78 Å². The Hall–Kier alpha value is -1.12. The predicted molar refractivity (Wildman–Crippen MR) is 54.4 cm³/mol. The Morgan fingerprint density at radius 1 is 1.36 bits per heavy atom. The molecule has 3 heteroatoms. The highest BCUT2D eigenvalue weighted by Gasteiger charge is 2.09. The van der Waals surface area contributed by atoms with Gasteiger partial charge in [-0.15, -0.1) is 0 Å². The van der Waals surface area contributed by atoms with E-state index in [2.05, 4.69) is 12.2 Å². The van der Waals surface area contributed by atoms with E-state index in [1.165, 1.54) is 6.07 Å². The summed E-state index contributed by atoms with van der Waals surface area (Å²) in [6.07, 6.45) is 1.96. The second-order valence-electron chi connectivity index (χ2n) is 3.44. The molecule has 1 unspecified atom stereocenters. The summed E-state index contributed by atoms with van der Waals surface area (Å²) in [4.78, 5) is 0. The van der Waals surface area contributed by atoms with E-state index in [-0.39, 0.29) is 11.7 Å². The lowest BCUT2D eigenvalue weighted by Crippen LogP contribution is -2.15. The molecule has 0 aliphatic heterocycles. The van der Waals surface area contributed by atoms with Crippen LogP contribution in [0.5, 0.6) is 0 Å². The Labute approximate surface area is 83.1 Å². The molecule has 1 nitrogen and oxygen atoms in total. The second kappa shape index (κ2) is 4.94. The van der Waals surface area contributed by atoms with Gasteiger partial charge < -0.3 is 5.32 Å². The van der Waals surface area contributed by atoms with Gasteiger partial charge in [-0.25, -0.2) is 8.78 Å². The van der Waals surface area contributed by atoms with Gasteiger partial charge >= 0.3 is 0 Å². The van der Waals surface area contributed by atoms with Crippen LogP contribution in [-0.2, 0) is 0 Å². The molecule has 14 heavy (non-hydrogen) atoms. The standard InChI is InChI=1S/C11H15F2N/c1-3-5-8(2)14-10-7-4-6-9(12)11(10)13/h4,6-8,14H,3,5H2,1-2H3. The first-order valence-corrected chi connectivity index (χ1v) is 4.85. The van der Waals surface area contributed by atoms with E-state index in [0.717, 1.165) is 18.9 Å². The molecule has 0 fully saturated rings. The second-order valence-corrected chi connectivity index (χ2v) is 3.44. The van der Waals surface area contributed by atoms with Crippen LogP contribution < -0.4 is 5.32 Å². The Balaban J connectivity index is 2.71. The largest absolute Gasteiger partial charge is 0.380 e. The minimum atomic E-state index is -0.807. The van der Waals surface area contributed by atoms with Crippen LogP contribution in [0.3, 0.4) is 0 Å². The van der Waals surface area contributed by atoms with E-state index >= 15 is 0 Å². The highest BCUT2D eigenvalue weighted by Crippen LogP contribution is 2.18. The first kappa shape index (κ1) is 11.0. The maximum atomic E-state index is 13.2. The topological polar surface area (TPSA) is 12.0 Å². The third-order valence-corrected chi connectivity index (χ3v) is 2.08. The van der Waals surface area contributed by atoms with Crippen molar-refractivity contribution in [3.8, 4) is 0 Å². The van der Waals surface area contributed by atoms with Crippen molar-refractivity contribution in [2.75, 3.05) is 5.32 Å².